The number of benzene rings is 1. The van der Waals surface area contributed by atoms with E-state index in [9.17, 15) is 4.79 Å². The lowest BCUT2D eigenvalue weighted by Gasteiger charge is -2.25. The number of hydrogen-bond acceptors (Lipinski definition) is 2. The third-order valence-electron chi connectivity index (χ3n) is 3.26. The van der Waals surface area contributed by atoms with Crippen molar-refractivity contribution in [1.82, 2.24) is 5.32 Å². The van der Waals surface area contributed by atoms with Crippen LogP contribution < -0.4 is 5.32 Å². The summed E-state index contributed by atoms with van der Waals surface area (Å²) in [5, 5.41) is 3.33. The molecule has 1 atom stereocenters. The van der Waals surface area contributed by atoms with Crippen molar-refractivity contribution in [3.8, 4) is 0 Å². The highest BCUT2D eigenvalue weighted by molar-refractivity contribution is 5.86. The molecule has 0 bridgehead atoms. The first-order chi connectivity index (χ1) is 7.83. The fraction of sp³-hybridized carbons (Fsp3) is 0.500. The predicted molar refractivity (Wildman–Crippen MR) is 65.4 cm³/mol. The monoisotopic (exact) mass is 217 g/mol. The molecule has 1 heterocycles. The second-order valence-corrected chi connectivity index (χ2v) is 4.45. The van der Waals surface area contributed by atoms with Crippen LogP contribution in [0.3, 0.4) is 0 Å². The normalized spacial score (nSPS) is 19.2. The molecule has 1 aliphatic rings. The van der Waals surface area contributed by atoms with Gasteiger partial charge in [-0.3, -0.25) is 4.79 Å². The van der Waals surface area contributed by atoms with E-state index in [0.717, 1.165) is 32.4 Å². The van der Waals surface area contributed by atoms with Crippen LogP contribution in [0.15, 0.2) is 24.3 Å². The quantitative estimate of drug-likeness (QED) is 0.840. The smallest absolute Gasteiger partial charge is 0.141 e. The molecule has 0 aromatic heterocycles. The van der Waals surface area contributed by atoms with Crippen LogP contribution in [0.2, 0.25) is 0 Å². The Morgan fingerprint density at radius 3 is 3.06 bits per heavy atom. The first kappa shape index (κ1) is 11.3. The lowest BCUT2D eigenvalue weighted by Crippen LogP contribution is -2.32. The summed E-state index contributed by atoms with van der Waals surface area (Å²) in [5.41, 5.74) is 2.52. The molecule has 86 valence electrons. The van der Waals surface area contributed by atoms with Crippen LogP contribution in [-0.4, -0.2) is 12.3 Å². The summed E-state index contributed by atoms with van der Waals surface area (Å²) >= 11 is 0. The molecule has 1 aromatic rings. The number of ketones is 1. The maximum atomic E-state index is 12.1. The summed E-state index contributed by atoms with van der Waals surface area (Å²) < 4.78 is 0. The number of rotatable bonds is 4. The van der Waals surface area contributed by atoms with Gasteiger partial charge in [-0.05, 0) is 17.5 Å². The largest absolute Gasteiger partial charge is 0.312 e. The molecule has 1 N–H and O–H groups in total. The van der Waals surface area contributed by atoms with Crippen LogP contribution in [-0.2, 0) is 11.3 Å². The second-order valence-electron chi connectivity index (χ2n) is 4.45. The Labute approximate surface area is 97.1 Å². The number of carbonyl (C=O) groups excluding carboxylic acids is 1. The van der Waals surface area contributed by atoms with Gasteiger partial charge in [-0.25, -0.2) is 0 Å². The minimum absolute atomic E-state index is 0.0801. The number of Topliss-reactive ketones (excluding diaryl/α,β-unsaturated/α-hetero) is 1. The van der Waals surface area contributed by atoms with Gasteiger partial charge in [0.1, 0.15) is 5.78 Å². The van der Waals surface area contributed by atoms with Crippen molar-refractivity contribution in [2.45, 2.75) is 38.6 Å². The number of carbonyl (C=O) groups is 1. The number of fused-ring (bicyclic) bond motifs is 1. The van der Waals surface area contributed by atoms with Crippen molar-refractivity contribution in [1.29, 1.82) is 0 Å². The molecule has 0 saturated heterocycles. The molecule has 2 heteroatoms. The summed E-state index contributed by atoms with van der Waals surface area (Å²) in [6.45, 7) is 3.83. The van der Waals surface area contributed by atoms with Gasteiger partial charge in [0.15, 0.2) is 0 Å². The van der Waals surface area contributed by atoms with E-state index in [1.54, 1.807) is 0 Å². The lowest BCUT2D eigenvalue weighted by molar-refractivity contribution is -0.120. The third-order valence-corrected chi connectivity index (χ3v) is 3.26. The Morgan fingerprint density at radius 2 is 2.25 bits per heavy atom. The van der Waals surface area contributed by atoms with E-state index in [0.29, 0.717) is 5.78 Å². The van der Waals surface area contributed by atoms with E-state index < -0.39 is 0 Å². The van der Waals surface area contributed by atoms with Crippen LogP contribution in [0.1, 0.15) is 43.2 Å². The molecule has 0 fully saturated rings. The van der Waals surface area contributed by atoms with Crippen LogP contribution in [0.5, 0.6) is 0 Å². The van der Waals surface area contributed by atoms with Gasteiger partial charge in [-0.15, -0.1) is 0 Å². The van der Waals surface area contributed by atoms with Gasteiger partial charge < -0.3 is 5.32 Å². The summed E-state index contributed by atoms with van der Waals surface area (Å²) in [5.74, 6) is 0.470. The maximum absolute atomic E-state index is 12.1. The van der Waals surface area contributed by atoms with Gasteiger partial charge >= 0.3 is 0 Å². The van der Waals surface area contributed by atoms with E-state index in [1.165, 1.54) is 11.1 Å². The Hall–Kier alpha value is -1.15. The molecule has 0 spiro atoms. The molecule has 0 amide bonds. The van der Waals surface area contributed by atoms with E-state index in [2.05, 4.69) is 24.4 Å². The minimum Gasteiger partial charge on any atom is -0.312 e. The van der Waals surface area contributed by atoms with Crippen molar-refractivity contribution in [2.75, 3.05) is 6.54 Å². The molecule has 2 nitrogen and oxygen atoms in total. The number of unbranched alkanes of at least 4 members (excludes halogenated alkanes) is 1. The summed E-state index contributed by atoms with van der Waals surface area (Å²) in [6, 6.07) is 8.29. The Balaban J connectivity index is 2.15. The van der Waals surface area contributed by atoms with Crippen LogP contribution in [0.4, 0.5) is 0 Å². The Bertz CT molecular complexity index is 373. The number of nitrogens with one attached hydrogen (secondary N) is 1. The first-order valence-corrected chi connectivity index (χ1v) is 6.14. The highest BCUT2D eigenvalue weighted by Gasteiger charge is 2.24. The summed E-state index contributed by atoms with van der Waals surface area (Å²) in [6.07, 6.45) is 2.82. The zero-order chi connectivity index (χ0) is 11.4. The SMILES string of the molecule is CCCCC(=O)C1CNCc2ccccc21. The highest BCUT2D eigenvalue weighted by Crippen LogP contribution is 2.25. The van der Waals surface area contributed by atoms with E-state index in [1.807, 2.05) is 12.1 Å². The number of hydrogen-bond donors (Lipinski definition) is 1. The molecule has 0 radical (unpaired) electrons. The average molecular weight is 217 g/mol. The zero-order valence-corrected chi connectivity index (χ0v) is 9.83. The van der Waals surface area contributed by atoms with Crippen molar-refractivity contribution in [2.24, 2.45) is 0 Å². The topological polar surface area (TPSA) is 29.1 Å². The minimum atomic E-state index is 0.0801. The van der Waals surface area contributed by atoms with Crippen LogP contribution in [0.25, 0.3) is 0 Å². The highest BCUT2D eigenvalue weighted by atomic mass is 16.1. The van der Waals surface area contributed by atoms with Gasteiger partial charge in [0.2, 0.25) is 0 Å². The lowest BCUT2D eigenvalue weighted by atomic mass is 9.86. The fourth-order valence-corrected chi connectivity index (χ4v) is 2.31. The van der Waals surface area contributed by atoms with Crippen LogP contribution in [0, 0.1) is 0 Å². The molecule has 0 saturated carbocycles. The molecule has 1 aromatic carbocycles. The molecular weight excluding hydrogens is 198 g/mol. The van der Waals surface area contributed by atoms with E-state index in [-0.39, 0.29) is 5.92 Å². The van der Waals surface area contributed by atoms with Gasteiger partial charge in [0.25, 0.3) is 0 Å². The van der Waals surface area contributed by atoms with Crippen molar-refractivity contribution < 1.29 is 4.79 Å². The van der Waals surface area contributed by atoms with Crippen molar-refractivity contribution in [3.63, 3.8) is 0 Å². The fourth-order valence-electron chi connectivity index (χ4n) is 2.31. The second kappa shape index (κ2) is 5.26. The van der Waals surface area contributed by atoms with Gasteiger partial charge in [-0.2, -0.15) is 0 Å². The molecule has 0 aliphatic carbocycles. The first-order valence-electron chi connectivity index (χ1n) is 6.14. The predicted octanol–water partition coefficient (Wildman–Crippen LogP) is 2.63. The maximum Gasteiger partial charge on any atom is 0.141 e. The standard InChI is InChI=1S/C14H19NO/c1-2-3-8-14(16)13-10-15-9-11-6-4-5-7-12(11)13/h4-7,13,15H,2-3,8-10H2,1H3. The summed E-state index contributed by atoms with van der Waals surface area (Å²) in [7, 11) is 0. The Kier molecular flexibility index (Phi) is 3.73. The van der Waals surface area contributed by atoms with Crippen molar-refractivity contribution >= 4 is 5.78 Å². The Morgan fingerprint density at radius 1 is 1.44 bits per heavy atom. The summed E-state index contributed by atoms with van der Waals surface area (Å²) in [4.78, 5) is 12.1. The van der Waals surface area contributed by atoms with Gasteiger partial charge in [-0.1, -0.05) is 37.6 Å². The zero-order valence-electron chi connectivity index (χ0n) is 9.83. The van der Waals surface area contributed by atoms with Gasteiger partial charge in [0, 0.05) is 19.5 Å². The average Bonchev–Trinajstić information content (AvgIpc) is 2.35. The third kappa shape index (κ3) is 2.33. The van der Waals surface area contributed by atoms with Crippen LogP contribution >= 0.6 is 0 Å². The molecule has 2 rings (SSSR count). The molecule has 1 aliphatic heterocycles. The van der Waals surface area contributed by atoms with E-state index in [4.69, 9.17) is 0 Å². The van der Waals surface area contributed by atoms with Gasteiger partial charge in [0.05, 0.1) is 5.92 Å². The van der Waals surface area contributed by atoms with E-state index >= 15 is 0 Å². The van der Waals surface area contributed by atoms with Crippen molar-refractivity contribution in [3.05, 3.63) is 35.4 Å². The molecule has 1 unspecified atom stereocenters. The molecule has 16 heavy (non-hydrogen) atoms. The molecular formula is C14H19NO.